The Balaban J connectivity index is 4.72. The second-order valence-corrected chi connectivity index (χ2v) is 5.24. The van der Waals surface area contributed by atoms with Crippen LogP contribution in [0.15, 0.2) is 49.3 Å². The molecular formula is C15H25NO. The fourth-order valence-electron chi connectivity index (χ4n) is 2.18. The number of hydrogen-bond donors (Lipinski definition) is 0. The van der Waals surface area contributed by atoms with E-state index in [0.29, 0.717) is 11.0 Å². The molecule has 2 heteroatoms. The molecule has 0 rings (SSSR count). The summed E-state index contributed by atoms with van der Waals surface area (Å²) in [5.74, 6) is -0.0382. The highest BCUT2D eigenvalue weighted by atomic mass is 16.3. The molecule has 1 unspecified atom stereocenters. The molecule has 0 amide bonds. The van der Waals surface area contributed by atoms with Gasteiger partial charge in [-0.25, -0.2) is 0 Å². The van der Waals surface area contributed by atoms with Crippen molar-refractivity contribution in [2.45, 2.75) is 25.8 Å². The first kappa shape index (κ1) is 15.7. The molecule has 0 radical (unpaired) electrons. The van der Waals surface area contributed by atoms with Crippen molar-refractivity contribution in [3.8, 4) is 0 Å². The van der Waals surface area contributed by atoms with Gasteiger partial charge in [0.1, 0.15) is 6.04 Å². The van der Waals surface area contributed by atoms with Crippen molar-refractivity contribution >= 4 is 0 Å². The average molecular weight is 235 g/mol. The van der Waals surface area contributed by atoms with E-state index in [9.17, 15) is 5.11 Å². The van der Waals surface area contributed by atoms with Gasteiger partial charge in [0, 0.05) is 6.42 Å². The van der Waals surface area contributed by atoms with Gasteiger partial charge in [0.05, 0.1) is 20.6 Å². The quantitative estimate of drug-likeness (QED) is 0.274. The predicted molar refractivity (Wildman–Crippen MR) is 73.3 cm³/mol. The van der Waals surface area contributed by atoms with Gasteiger partial charge >= 0.3 is 0 Å². The van der Waals surface area contributed by atoms with Gasteiger partial charge < -0.3 is 9.59 Å². The molecule has 0 aliphatic carbocycles. The molecule has 0 N–H and O–H groups in total. The standard InChI is InChI=1S/C15H25NO/c1-8-13(4)9-10-15(12(2)3)16(6,7)11-14(5)17/h8,15H,1-2,4-5,9-11H2,3,6-7H3. The third-order valence-corrected chi connectivity index (χ3v) is 3.02. The monoisotopic (exact) mass is 235 g/mol. The van der Waals surface area contributed by atoms with Gasteiger partial charge in [-0.3, -0.25) is 0 Å². The average Bonchev–Trinajstić information content (AvgIpc) is 2.14. The van der Waals surface area contributed by atoms with Crippen LogP contribution in [0.1, 0.15) is 19.8 Å². The number of allylic oxidation sites excluding steroid dienone is 2. The second kappa shape index (κ2) is 6.45. The normalized spacial score (nSPS) is 12.9. The maximum absolute atomic E-state index is 11.2. The minimum atomic E-state index is -0.0382. The summed E-state index contributed by atoms with van der Waals surface area (Å²) in [4.78, 5) is 0. The van der Waals surface area contributed by atoms with Crippen LogP contribution < -0.4 is 5.11 Å². The lowest BCUT2D eigenvalue weighted by molar-refractivity contribution is -0.909. The molecule has 0 saturated heterocycles. The molecule has 0 heterocycles. The van der Waals surface area contributed by atoms with Crippen molar-refractivity contribution in [2.24, 2.45) is 0 Å². The molecule has 0 fully saturated rings. The molecule has 0 aromatic rings. The van der Waals surface area contributed by atoms with Crippen molar-refractivity contribution in [1.82, 2.24) is 0 Å². The highest BCUT2D eigenvalue weighted by molar-refractivity contribution is 5.12. The van der Waals surface area contributed by atoms with Crippen LogP contribution in [0.25, 0.3) is 0 Å². The van der Waals surface area contributed by atoms with E-state index in [2.05, 4.69) is 26.3 Å². The predicted octanol–water partition coefficient (Wildman–Crippen LogP) is 2.40. The molecular weight excluding hydrogens is 210 g/mol. The first-order valence-electron chi connectivity index (χ1n) is 5.83. The molecule has 0 aliphatic heterocycles. The Labute approximate surface area is 106 Å². The summed E-state index contributed by atoms with van der Waals surface area (Å²) in [6.45, 7) is 17.5. The first-order chi connectivity index (χ1) is 7.70. The fraction of sp³-hybridized carbons (Fsp3) is 0.467. The van der Waals surface area contributed by atoms with Crippen LogP contribution in [-0.4, -0.2) is 31.2 Å². The zero-order valence-electron chi connectivity index (χ0n) is 11.5. The van der Waals surface area contributed by atoms with E-state index in [4.69, 9.17) is 0 Å². The summed E-state index contributed by atoms with van der Waals surface area (Å²) in [6.07, 6.45) is 3.59. The number of likely N-dealkylation sites (N-methyl/N-ethyl adjacent to an activating group) is 1. The summed E-state index contributed by atoms with van der Waals surface area (Å²) < 4.78 is 0.599. The molecule has 0 saturated carbocycles. The van der Waals surface area contributed by atoms with E-state index < -0.39 is 0 Å². The lowest BCUT2D eigenvalue weighted by atomic mass is 9.98. The summed E-state index contributed by atoms with van der Waals surface area (Å²) >= 11 is 0. The molecule has 2 nitrogen and oxygen atoms in total. The zero-order chi connectivity index (χ0) is 13.6. The lowest BCUT2D eigenvalue weighted by Gasteiger charge is -2.40. The molecule has 0 aromatic heterocycles. The van der Waals surface area contributed by atoms with Crippen LogP contribution in [0.3, 0.4) is 0 Å². The maximum atomic E-state index is 11.2. The van der Waals surface area contributed by atoms with Crippen LogP contribution >= 0.6 is 0 Å². The van der Waals surface area contributed by atoms with Gasteiger partial charge in [-0.1, -0.05) is 37.1 Å². The number of quaternary nitrogens is 1. The second-order valence-electron chi connectivity index (χ2n) is 5.24. The Morgan fingerprint density at radius 1 is 1.29 bits per heavy atom. The molecule has 0 spiro atoms. The smallest absolute Gasteiger partial charge is 0.110 e. The number of hydrogen-bond acceptors (Lipinski definition) is 1. The molecule has 0 aliphatic rings. The van der Waals surface area contributed by atoms with Crippen LogP contribution in [0.5, 0.6) is 0 Å². The minimum Gasteiger partial charge on any atom is -0.872 e. The summed E-state index contributed by atoms with van der Waals surface area (Å²) in [5, 5.41) is 11.2. The summed E-state index contributed by atoms with van der Waals surface area (Å²) in [5.41, 5.74) is 2.12. The van der Waals surface area contributed by atoms with Crippen LogP contribution in [0.4, 0.5) is 0 Å². The molecule has 96 valence electrons. The minimum absolute atomic E-state index is 0.0382. The van der Waals surface area contributed by atoms with Crippen LogP contribution in [0.2, 0.25) is 0 Å². The largest absolute Gasteiger partial charge is 0.872 e. The SMILES string of the molecule is C=CC(=C)CCC(C(=C)C)[N+](C)(C)CC(=C)[O-]. The van der Waals surface area contributed by atoms with E-state index in [1.807, 2.05) is 21.0 Å². The van der Waals surface area contributed by atoms with Crippen LogP contribution in [0, 0.1) is 0 Å². The Morgan fingerprint density at radius 3 is 2.18 bits per heavy atom. The van der Waals surface area contributed by atoms with Crippen molar-refractivity contribution in [1.29, 1.82) is 0 Å². The third-order valence-electron chi connectivity index (χ3n) is 3.02. The topological polar surface area (TPSA) is 23.1 Å². The Morgan fingerprint density at radius 2 is 1.82 bits per heavy atom. The molecule has 17 heavy (non-hydrogen) atoms. The highest BCUT2D eigenvalue weighted by Crippen LogP contribution is 2.22. The molecule has 0 aromatic carbocycles. The van der Waals surface area contributed by atoms with Gasteiger partial charge in [-0.2, -0.15) is 0 Å². The van der Waals surface area contributed by atoms with E-state index >= 15 is 0 Å². The van der Waals surface area contributed by atoms with Crippen LogP contribution in [-0.2, 0) is 0 Å². The van der Waals surface area contributed by atoms with E-state index in [0.717, 1.165) is 24.0 Å². The van der Waals surface area contributed by atoms with Crippen molar-refractivity contribution in [3.63, 3.8) is 0 Å². The fourth-order valence-corrected chi connectivity index (χ4v) is 2.18. The van der Waals surface area contributed by atoms with Gasteiger partial charge in [-0.15, -0.1) is 6.58 Å². The van der Waals surface area contributed by atoms with Gasteiger partial charge in [0.25, 0.3) is 0 Å². The lowest BCUT2D eigenvalue weighted by Crippen LogP contribution is -2.51. The summed E-state index contributed by atoms with van der Waals surface area (Å²) in [7, 11) is 4.08. The van der Waals surface area contributed by atoms with Crippen molar-refractivity contribution in [2.75, 3.05) is 20.6 Å². The van der Waals surface area contributed by atoms with Crippen molar-refractivity contribution in [3.05, 3.63) is 49.3 Å². The third kappa shape index (κ3) is 5.55. The number of nitrogens with zero attached hydrogens (tertiary/aromatic N) is 1. The Kier molecular flexibility index (Phi) is 5.97. The van der Waals surface area contributed by atoms with Crippen molar-refractivity contribution < 1.29 is 9.59 Å². The molecule has 1 atom stereocenters. The summed E-state index contributed by atoms with van der Waals surface area (Å²) in [6, 6.07) is 0.248. The molecule has 0 bridgehead atoms. The Hall–Kier alpha value is -1.28. The maximum Gasteiger partial charge on any atom is 0.110 e. The Bertz CT molecular complexity index is 326. The van der Waals surface area contributed by atoms with E-state index in [-0.39, 0.29) is 11.8 Å². The van der Waals surface area contributed by atoms with Gasteiger partial charge in [0.2, 0.25) is 0 Å². The van der Waals surface area contributed by atoms with E-state index in [1.165, 1.54) is 0 Å². The first-order valence-corrected chi connectivity index (χ1v) is 5.83. The number of rotatable bonds is 8. The van der Waals surface area contributed by atoms with Gasteiger partial charge in [0.15, 0.2) is 0 Å². The highest BCUT2D eigenvalue weighted by Gasteiger charge is 2.27. The van der Waals surface area contributed by atoms with E-state index in [1.54, 1.807) is 6.08 Å². The zero-order valence-corrected chi connectivity index (χ0v) is 11.5. The van der Waals surface area contributed by atoms with Gasteiger partial charge in [-0.05, 0) is 18.9 Å².